The number of carbonyl (C=O) groups excluding carboxylic acids is 2. The van der Waals surface area contributed by atoms with Crippen LogP contribution in [0.2, 0.25) is 0 Å². The second-order valence-electron chi connectivity index (χ2n) is 8.85. The smallest absolute Gasteiger partial charge is 0.282 e. The molecule has 1 heterocycles. The van der Waals surface area contributed by atoms with Gasteiger partial charge in [0, 0.05) is 5.69 Å². The summed E-state index contributed by atoms with van der Waals surface area (Å²) in [6.07, 6.45) is 0.972. The van der Waals surface area contributed by atoms with Crippen molar-refractivity contribution in [3.63, 3.8) is 0 Å². The lowest BCUT2D eigenvalue weighted by atomic mass is 10.0. The molecule has 0 unspecified atom stereocenters. The number of hydrogen-bond acceptors (Lipinski definition) is 4. The third-order valence-corrected chi connectivity index (χ3v) is 5.82. The Bertz CT molecular complexity index is 1260. The summed E-state index contributed by atoms with van der Waals surface area (Å²) < 4.78 is 5.75. The predicted octanol–water partition coefficient (Wildman–Crippen LogP) is 6.05. The van der Waals surface area contributed by atoms with Crippen LogP contribution in [-0.2, 0) is 16.0 Å². The van der Waals surface area contributed by atoms with Crippen LogP contribution in [0.1, 0.15) is 43.0 Å². The van der Waals surface area contributed by atoms with Crippen LogP contribution in [0, 0.1) is 13.8 Å². The molecule has 1 N–H and O–H groups in total. The number of carbonyl (C=O) groups is 2. The first kappa shape index (κ1) is 23.3. The van der Waals surface area contributed by atoms with Gasteiger partial charge in [-0.25, -0.2) is 4.90 Å². The third-order valence-electron chi connectivity index (χ3n) is 5.82. The van der Waals surface area contributed by atoms with Crippen LogP contribution < -0.4 is 15.0 Å². The van der Waals surface area contributed by atoms with E-state index >= 15 is 0 Å². The fraction of sp³-hybridized carbons (Fsp3) is 0.241. The number of nitrogens with one attached hydrogen (secondary N) is 1. The molecule has 0 bridgehead atoms. The molecule has 0 saturated carbocycles. The number of imide groups is 1. The lowest BCUT2D eigenvalue weighted by Gasteiger charge is -2.18. The topological polar surface area (TPSA) is 58.6 Å². The zero-order chi connectivity index (χ0) is 24.4. The Morgan fingerprint density at radius 2 is 1.56 bits per heavy atom. The van der Waals surface area contributed by atoms with Crippen LogP contribution in [0.25, 0.3) is 5.57 Å². The zero-order valence-electron chi connectivity index (χ0n) is 20.3. The van der Waals surface area contributed by atoms with Gasteiger partial charge >= 0.3 is 0 Å². The van der Waals surface area contributed by atoms with E-state index in [9.17, 15) is 9.59 Å². The molecule has 0 aliphatic carbocycles. The molecule has 0 fully saturated rings. The Morgan fingerprint density at radius 3 is 2.15 bits per heavy atom. The second kappa shape index (κ2) is 9.56. The molecule has 3 aromatic carbocycles. The van der Waals surface area contributed by atoms with Gasteiger partial charge in [-0.1, -0.05) is 48.9 Å². The molecule has 3 aromatic rings. The molecule has 34 heavy (non-hydrogen) atoms. The van der Waals surface area contributed by atoms with Gasteiger partial charge in [0.2, 0.25) is 0 Å². The molecule has 1 aliphatic heterocycles. The summed E-state index contributed by atoms with van der Waals surface area (Å²) in [5.41, 5.74) is 5.77. The number of nitrogens with zero attached hydrogens (tertiary/aromatic N) is 1. The van der Waals surface area contributed by atoms with Gasteiger partial charge in [-0.2, -0.15) is 0 Å². The van der Waals surface area contributed by atoms with Gasteiger partial charge in [0.25, 0.3) is 11.8 Å². The zero-order valence-corrected chi connectivity index (χ0v) is 20.3. The summed E-state index contributed by atoms with van der Waals surface area (Å²) in [5, 5.41) is 3.23. The van der Waals surface area contributed by atoms with Crippen molar-refractivity contribution < 1.29 is 14.3 Å². The molecule has 5 nitrogen and oxygen atoms in total. The van der Waals surface area contributed by atoms with Crippen LogP contribution in [-0.4, -0.2) is 17.9 Å². The average molecular weight is 455 g/mol. The van der Waals surface area contributed by atoms with E-state index in [-0.39, 0.29) is 23.6 Å². The van der Waals surface area contributed by atoms with Crippen molar-refractivity contribution >= 4 is 28.8 Å². The van der Waals surface area contributed by atoms with Gasteiger partial charge in [-0.05, 0) is 81.1 Å². The largest absolute Gasteiger partial charge is 0.491 e. The molecular weight excluding hydrogens is 424 g/mol. The third kappa shape index (κ3) is 4.60. The maximum absolute atomic E-state index is 13.7. The lowest BCUT2D eigenvalue weighted by Crippen LogP contribution is -2.33. The Hall–Kier alpha value is -3.86. The molecule has 2 amide bonds. The molecule has 0 radical (unpaired) electrons. The monoisotopic (exact) mass is 454 g/mol. The Balaban J connectivity index is 1.78. The van der Waals surface area contributed by atoms with E-state index < -0.39 is 0 Å². The summed E-state index contributed by atoms with van der Waals surface area (Å²) >= 11 is 0. The fourth-order valence-corrected chi connectivity index (χ4v) is 4.13. The number of ether oxygens (including phenoxy) is 1. The molecular formula is C29H30N2O3. The van der Waals surface area contributed by atoms with Gasteiger partial charge < -0.3 is 10.1 Å². The van der Waals surface area contributed by atoms with E-state index in [0.717, 1.165) is 23.2 Å². The van der Waals surface area contributed by atoms with E-state index in [1.165, 1.54) is 10.5 Å². The SMILES string of the molecule is CCc1ccc(NC2=C(c3ccc(OC(C)C)cc3)C(=O)N(c3ccc(C)cc3C)C2=O)cc1. The number of amides is 2. The van der Waals surface area contributed by atoms with E-state index in [0.29, 0.717) is 22.6 Å². The minimum atomic E-state index is -0.367. The Kier molecular flexibility index (Phi) is 6.55. The minimum absolute atomic E-state index is 0.0445. The van der Waals surface area contributed by atoms with Gasteiger partial charge in [-0.3, -0.25) is 9.59 Å². The normalized spacial score (nSPS) is 13.8. The number of benzene rings is 3. The molecule has 4 rings (SSSR count). The number of rotatable bonds is 7. The molecule has 0 atom stereocenters. The van der Waals surface area contributed by atoms with Crippen LogP contribution >= 0.6 is 0 Å². The van der Waals surface area contributed by atoms with Crippen molar-refractivity contribution in [2.24, 2.45) is 0 Å². The minimum Gasteiger partial charge on any atom is -0.491 e. The van der Waals surface area contributed by atoms with E-state index in [4.69, 9.17) is 4.74 Å². The predicted molar refractivity (Wildman–Crippen MR) is 137 cm³/mol. The van der Waals surface area contributed by atoms with E-state index in [1.54, 1.807) is 0 Å². The lowest BCUT2D eigenvalue weighted by molar-refractivity contribution is -0.120. The molecule has 5 heteroatoms. The van der Waals surface area contributed by atoms with Crippen LogP contribution in [0.15, 0.2) is 72.4 Å². The second-order valence-corrected chi connectivity index (χ2v) is 8.85. The van der Waals surface area contributed by atoms with Crippen LogP contribution in [0.5, 0.6) is 5.75 Å². The number of anilines is 2. The molecule has 174 valence electrons. The van der Waals surface area contributed by atoms with Gasteiger partial charge in [-0.15, -0.1) is 0 Å². The fourth-order valence-electron chi connectivity index (χ4n) is 4.13. The maximum Gasteiger partial charge on any atom is 0.282 e. The standard InChI is InChI=1S/C29H30N2O3/c1-6-21-8-12-23(13-9-21)30-27-26(22-10-14-24(15-11-22)34-18(2)3)28(32)31(29(27)33)25-16-7-19(4)17-20(25)5/h7-18,30H,6H2,1-5H3. The van der Waals surface area contributed by atoms with E-state index in [2.05, 4.69) is 12.2 Å². The average Bonchev–Trinajstić information content (AvgIpc) is 3.04. The molecule has 1 aliphatic rings. The first-order valence-corrected chi connectivity index (χ1v) is 11.6. The molecule has 0 aromatic heterocycles. The highest BCUT2D eigenvalue weighted by Gasteiger charge is 2.40. The maximum atomic E-state index is 13.7. The van der Waals surface area contributed by atoms with Gasteiger partial charge in [0.1, 0.15) is 11.4 Å². The van der Waals surface area contributed by atoms with Crippen LogP contribution in [0.4, 0.5) is 11.4 Å². The van der Waals surface area contributed by atoms with E-state index in [1.807, 2.05) is 94.4 Å². The number of hydrogen-bond donors (Lipinski definition) is 1. The van der Waals surface area contributed by atoms with Crippen molar-refractivity contribution in [2.45, 2.75) is 47.1 Å². The van der Waals surface area contributed by atoms with Crippen molar-refractivity contribution in [3.8, 4) is 5.75 Å². The molecule has 0 spiro atoms. The summed E-state index contributed by atoms with van der Waals surface area (Å²) in [7, 11) is 0. The number of aryl methyl sites for hydroxylation is 3. The van der Waals surface area contributed by atoms with Gasteiger partial charge in [0.05, 0.1) is 17.4 Å². The summed E-state index contributed by atoms with van der Waals surface area (Å²) in [4.78, 5) is 28.6. The van der Waals surface area contributed by atoms with Crippen molar-refractivity contribution in [2.75, 3.05) is 10.2 Å². The highest BCUT2D eigenvalue weighted by atomic mass is 16.5. The van der Waals surface area contributed by atoms with Gasteiger partial charge in [0.15, 0.2) is 0 Å². The summed E-state index contributed by atoms with van der Waals surface area (Å²) in [6.45, 7) is 9.92. The first-order chi connectivity index (χ1) is 16.3. The molecule has 0 saturated heterocycles. The van der Waals surface area contributed by atoms with Crippen molar-refractivity contribution in [1.82, 2.24) is 0 Å². The summed E-state index contributed by atoms with van der Waals surface area (Å²) in [5.74, 6) is 0.00297. The first-order valence-electron chi connectivity index (χ1n) is 11.6. The Labute approximate surface area is 201 Å². The quantitative estimate of drug-likeness (QED) is 0.442. The highest BCUT2D eigenvalue weighted by Crippen LogP contribution is 2.36. The summed E-state index contributed by atoms with van der Waals surface area (Å²) in [6, 6.07) is 20.9. The van der Waals surface area contributed by atoms with Crippen LogP contribution in [0.3, 0.4) is 0 Å². The van der Waals surface area contributed by atoms with Crippen molar-refractivity contribution in [1.29, 1.82) is 0 Å². The Morgan fingerprint density at radius 1 is 0.882 bits per heavy atom. The van der Waals surface area contributed by atoms with Crippen molar-refractivity contribution in [3.05, 3.63) is 94.7 Å². The highest BCUT2D eigenvalue weighted by molar-refractivity contribution is 6.46.